The molecule has 2 fully saturated rings. The molecule has 0 aromatic heterocycles. The lowest BCUT2D eigenvalue weighted by atomic mass is 9.81. The lowest BCUT2D eigenvalue weighted by Crippen LogP contribution is -2.29. The fourth-order valence-corrected chi connectivity index (χ4v) is 3.81. The molecule has 3 heteroatoms. The van der Waals surface area contributed by atoms with Gasteiger partial charge in [0.05, 0.1) is 5.71 Å². The molecule has 1 aromatic rings. The minimum absolute atomic E-state index is 0.197. The summed E-state index contributed by atoms with van der Waals surface area (Å²) in [6.45, 7) is 0. The highest BCUT2D eigenvalue weighted by atomic mass is 18.2. The molecule has 17 heavy (non-hydrogen) atoms. The maximum Gasteiger partial charge on any atom is 0.139 e. The van der Waals surface area contributed by atoms with Gasteiger partial charge in [-0.15, -0.1) is 0 Å². The van der Waals surface area contributed by atoms with Crippen LogP contribution in [-0.2, 0) is 4.84 Å². The molecule has 0 amide bonds. The molecule has 3 aliphatic rings. The Morgan fingerprint density at radius 3 is 2.71 bits per heavy atom. The summed E-state index contributed by atoms with van der Waals surface area (Å²) in [5, 5.41) is 4.26. The molecular formula is C14H14FNO. The van der Waals surface area contributed by atoms with Crippen LogP contribution in [-0.4, -0.2) is 11.8 Å². The number of halogens is 1. The number of benzene rings is 1. The summed E-state index contributed by atoms with van der Waals surface area (Å²) in [4.78, 5) is 5.60. The first-order chi connectivity index (χ1) is 8.33. The van der Waals surface area contributed by atoms with Crippen LogP contribution in [0.1, 0.15) is 24.8 Å². The third-order valence-corrected chi connectivity index (χ3v) is 4.57. The van der Waals surface area contributed by atoms with Gasteiger partial charge >= 0.3 is 0 Å². The van der Waals surface area contributed by atoms with E-state index in [9.17, 15) is 4.39 Å². The molecule has 2 bridgehead atoms. The van der Waals surface area contributed by atoms with E-state index >= 15 is 0 Å². The van der Waals surface area contributed by atoms with Gasteiger partial charge in [0.25, 0.3) is 0 Å². The Morgan fingerprint density at radius 2 is 1.88 bits per heavy atom. The standard InChI is InChI=1S/C14H14FNO/c15-11-5-3-8(4-6-11)13-12-9-1-2-10(7-9)14(12)17-16-13/h3-6,9-10,12,14H,1-2,7H2/i15-1. The van der Waals surface area contributed by atoms with Crippen LogP contribution in [0.25, 0.3) is 0 Å². The molecule has 4 unspecified atom stereocenters. The second kappa shape index (κ2) is 3.31. The molecule has 1 aromatic carbocycles. The number of hydrogen-bond donors (Lipinski definition) is 0. The van der Waals surface area contributed by atoms with Crippen molar-refractivity contribution in [2.24, 2.45) is 22.9 Å². The van der Waals surface area contributed by atoms with Crippen molar-refractivity contribution in [1.29, 1.82) is 0 Å². The predicted molar refractivity (Wildman–Crippen MR) is 62.1 cm³/mol. The van der Waals surface area contributed by atoms with Crippen molar-refractivity contribution in [2.75, 3.05) is 0 Å². The Balaban J connectivity index is 1.69. The average molecular weight is 230 g/mol. The van der Waals surface area contributed by atoms with Crippen molar-refractivity contribution in [3.05, 3.63) is 35.6 Å². The van der Waals surface area contributed by atoms with Gasteiger partial charge < -0.3 is 4.84 Å². The first-order valence-electron chi connectivity index (χ1n) is 6.32. The maximum atomic E-state index is 12.9. The maximum absolute atomic E-state index is 12.9. The summed E-state index contributed by atoms with van der Waals surface area (Å²) < 4.78 is 12.9. The highest BCUT2D eigenvalue weighted by Crippen LogP contribution is 2.53. The molecule has 4 rings (SSSR count). The zero-order valence-electron chi connectivity index (χ0n) is 9.47. The Bertz CT molecular complexity index is 482. The first kappa shape index (κ1) is 9.63. The van der Waals surface area contributed by atoms with E-state index in [0.717, 1.165) is 17.2 Å². The van der Waals surface area contributed by atoms with Crippen molar-refractivity contribution in [1.82, 2.24) is 0 Å². The molecule has 2 saturated carbocycles. The molecule has 4 atom stereocenters. The van der Waals surface area contributed by atoms with Crippen LogP contribution in [0.5, 0.6) is 0 Å². The lowest BCUT2D eigenvalue weighted by molar-refractivity contribution is 0.0275. The van der Waals surface area contributed by atoms with Gasteiger partial charge in [-0.3, -0.25) is 0 Å². The Kier molecular flexibility index (Phi) is 1.88. The molecule has 2 aliphatic carbocycles. The molecule has 1 aliphatic heterocycles. The second-order valence-electron chi connectivity index (χ2n) is 5.41. The van der Waals surface area contributed by atoms with E-state index in [1.54, 1.807) is 0 Å². The van der Waals surface area contributed by atoms with Crippen LogP contribution in [0.15, 0.2) is 29.4 Å². The summed E-state index contributed by atoms with van der Waals surface area (Å²) >= 11 is 0. The van der Waals surface area contributed by atoms with E-state index in [0.29, 0.717) is 17.9 Å². The number of nitrogens with zero attached hydrogens (tertiary/aromatic N) is 1. The summed E-state index contributed by atoms with van der Waals surface area (Å²) in [6, 6.07) is 6.62. The number of rotatable bonds is 1. The van der Waals surface area contributed by atoms with E-state index in [4.69, 9.17) is 4.84 Å². The monoisotopic (exact) mass is 230 g/mol. The van der Waals surface area contributed by atoms with Gasteiger partial charge in [-0.1, -0.05) is 17.3 Å². The van der Waals surface area contributed by atoms with Crippen LogP contribution in [0.3, 0.4) is 0 Å². The van der Waals surface area contributed by atoms with Crippen molar-refractivity contribution in [2.45, 2.75) is 25.4 Å². The van der Waals surface area contributed by atoms with Crippen molar-refractivity contribution in [3.63, 3.8) is 0 Å². The highest BCUT2D eigenvalue weighted by molar-refractivity contribution is 6.03. The molecule has 0 spiro atoms. The molecular weight excluding hydrogens is 216 g/mol. The first-order valence-corrected chi connectivity index (χ1v) is 6.32. The normalized spacial score (nSPS) is 37.8. The SMILES string of the molecule is [18F]c1ccc(C2=NOC3C4CCC(C4)C23)cc1. The lowest BCUT2D eigenvalue weighted by Gasteiger charge is -2.22. The van der Waals surface area contributed by atoms with Crippen LogP contribution >= 0.6 is 0 Å². The van der Waals surface area contributed by atoms with Gasteiger partial charge in [0.1, 0.15) is 11.9 Å². The second-order valence-corrected chi connectivity index (χ2v) is 5.41. The Morgan fingerprint density at radius 1 is 1.12 bits per heavy atom. The van der Waals surface area contributed by atoms with E-state index in [-0.39, 0.29) is 5.82 Å². The largest absolute Gasteiger partial charge is 0.391 e. The predicted octanol–water partition coefficient (Wildman–Crippen LogP) is 2.97. The molecule has 2 nitrogen and oxygen atoms in total. The number of oxime groups is 1. The molecule has 0 saturated heterocycles. The van der Waals surface area contributed by atoms with E-state index in [2.05, 4.69) is 5.16 Å². The van der Waals surface area contributed by atoms with Crippen LogP contribution < -0.4 is 0 Å². The van der Waals surface area contributed by atoms with Crippen LogP contribution in [0.4, 0.5) is 4.39 Å². The minimum Gasteiger partial charge on any atom is -0.391 e. The molecule has 0 radical (unpaired) electrons. The summed E-state index contributed by atoms with van der Waals surface area (Å²) in [5.74, 6) is 1.69. The summed E-state index contributed by atoms with van der Waals surface area (Å²) in [5.41, 5.74) is 2.06. The van der Waals surface area contributed by atoms with Crippen molar-refractivity contribution >= 4 is 5.71 Å². The van der Waals surface area contributed by atoms with Gasteiger partial charge in [0.2, 0.25) is 0 Å². The van der Waals surface area contributed by atoms with Crippen molar-refractivity contribution < 1.29 is 9.23 Å². The minimum atomic E-state index is -0.197. The fourth-order valence-electron chi connectivity index (χ4n) is 3.81. The molecule has 0 N–H and O–H groups in total. The van der Waals surface area contributed by atoms with E-state index in [1.165, 1.54) is 31.4 Å². The Hall–Kier alpha value is -1.38. The molecule has 1 heterocycles. The number of hydrogen-bond acceptors (Lipinski definition) is 2. The quantitative estimate of drug-likeness (QED) is 0.726. The van der Waals surface area contributed by atoms with Crippen LogP contribution in [0, 0.1) is 23.6 Å². The number of fused-ring (bicyclic) bond motifs is 5. The summed E-state index contributed by atoms with van der Waals surface area (Å²) in [6.07, 6.45) is 4.18. The van der Waals surface area contributed by atoms with Gasteiger partial charge in [-0.2, -0.15) is 0 Å². The smallest absolute Gasteiger partial charge is 0.139 e. The van der Waals surface area contributed by atoms with E-state index < -0.39 is 0 Å². The fraction of sp³-hybridized carbons (Fsp3) is 0.500. The zero-order chi connectivity index (χ0) is 11.4. The van der Waals surface area contributed by atoms with Gasteiger partial charge in [0.15, 0.2) is 0 Å². The third-order valence-electron chi connectivity index (χ3n) is 4.57. The third kappa shape index (κ3) is 1.28. The summed E-state index contributed by atoms with van der Waals surface area (Å²) in [7, 11) is 0. The molecule has 88 valence electrons. The van der Waals surface area contributed by atoms with Gasteiger partial charge in [-0.05, 0) is 48.8 Å². The van der Waals surface area contributed by atoms with Crippen molar-refractivity contribution in [3.8, 4) is 0 Å². The Labute approximate surface area is 99.5 Å². The van der Waals surface area contributed by atoms with Crippen LogP contribution in [0.2, 0.25) is 0 Å². The van der Waals surface area contributed by atoms with Gasteiger partial charge in [-0.25, -0.2) is 4.39 Å². The zero-order valence-corrected chi connectivity index (χ0v) is 9.47. The highest BCUT2D eigenvalue weighted by Gasteiger charge is 2.54. The van der Waals surface area contributed by atoms with Gasteiger partial charge in [0, 0.05) is 5.92 Å². The topological polar surface area (TPSA) is 21.6 Å². The average Bonchev–Trinajstić information content (AvgIpc) is 3.02. The van der Waals surface area contributed by atoms with E-state index in [1.807, 2.05) is 12.1 Å².